The van der Waals surface area contributed by atoms with Gasteiger partial charge in [0.25, 0.3) is 0 Å². The summed E-state index contributed by atoms with van der Waals surface area (Å²) in [6.07, 6.45) is 1.68. The Kier molecular flexibility index (Phi) is 3.71. The van der Waals surface area contributed by atoms with E-state index in [1.807, 2.05) is 29.5 Å². The molecular formula is C24H14N2S. The van der Waals surface area contributed by atoms with Gasteiger partial charge in [0.2, 0.25) is 0 Å². The fraction of sp³-hybridized carbons (Fsp3) is 0. The number of rotatable bonds is 2. The van der Waals surface area contributed by atoms with Crippen LogP contribution in [0.2, 0.25) is 0 Å². The molecule has 0 aliphatic carbocycles. The van der Waals surface area contributed by atoms with Gasteiger partial charge in [-0.15, -0.1) is 11.3 Å². The minimum Gasteiger partial charge on any atom is -0.256 e. The number of pyridine rings is 1. The van der Waals surface area contributed by atoms with Crippen LogP contribution in [0, 0.1) is 11.3 Å². The van der Waals surface area contributed by atoms with E-state index in [2.05, 4.69) is 65.7 Å². The normalized spacial score (nSPS) is 10.9. The van der Waals surface area contributed by atoms with E-state index < -0.39 is 0 Å². The maximum Gasteiger partial charge on any atom is 0.0992 e. The molecule has 3 aromatic carbocycles. The molecule has 0 bridgehead atoms. The summed E-state index contributed by atoms with van der Waals surface area (Å²) in [4.78, 5) is 4.42. The van der Waals surface area contributed by atoms with Crippen LogP contribution in [0.5, 0.6) is 0 Å². The Bertz CT molecular complexity index is 1340. The van der Waals surface area contributed by atoms with Crippen molar-refractivity contribution in [2.45, 2.75) is 0 Å². The highest BCUT2D eigenvalue weighted by molar-refractivity contribution is 7.25. The number of benzene rings is 3. The molecule has 5 rings (SSSR count). The van der Waals surface area contributed by atoms with Crippen molar-refractivity contribution in [2.24, 2.45) is 0 Å². The highest BCUT2D eigenvalue weighted by Crippen LogP contribution is 2.36. The zero-order chi connectivity index (χ0) is 18.2. The number of thiophene rings is 1. The van der Waals surface area contributed by atoms with Crippen LogP contribution < -0.4 is 0 Å². The summed E-state index contributed by atoms with van der Waals surface area (Å²) < 4.78 is 2.61. The first-order valence-electron chi connectivity index (χ1n) is 8.70. The third kappa shape index (κ3) is 2.77. The van der Waals surface area contributed by atoms with Crippen molar-refractivity contribution < 1.29 is 0 Å². The highest BCUT2D eigenvalue weighted by atomic mass is 32.1. The molecule has 0 unspecified atom stereocenters. The van der Waals surface area contributed by atoms with Crippen LogP contribution in [-0.4, -0.2) is 4.98 Å². The third-order valence-electron chi connectivity index (χ3n) is 4.76. The van der Waals surface area contributed by atoms with E-state index >= 15 is 0 Å². The number of nitrogens with zero attached hydrogens (tertiary/aromatic N) is 2. The molecule has 0 saturated carbocycles. The van der Waals surface area contributed by atoms with Crippen molar-refractivity contribution in [3.05, 3.63) is 90.6 Å². The Hall–Kier alpha value is -3.48. The van der Waals surface area contributed by atoms with Crippen LogP contribution in [0.15, 0.2) is 85.1 Å². The Morgan fingerprint density at radius 2 is 1.52 bits per heavy atom. The van der Waals surface area contributed by atoms with E-state index in [1.54, 1.807) is 12.3 Å². The average molecular weight is 362 g/mol. The van der Waals surface area contributed by atoms with Gasteiger partial charge in [0.1, 0.15) is 0 Å². The molecule has 0 fully saturated rings. The molecule has 0 atom stereocenters. The van der Waals surface area contributed by atoms with Crippen LogP contribution in [0.4, 0.5) is 0 Å². The molecule has 5 aromatic rings. The standard InChI is InChI=1S/C24H14N2S/c25-15-16-10-11-26-22(12-16)19-5-3-4-17(13-19)18-8-9-21-20-6-1-2-7-23(20)27-24(21)14-18/h1-14H. The summed E-state index contributed by atoms with van der Waals surface area (Å²) in [5.74, 6) is 0. The smallest absolute Gasteiger partial charge is 0.0992 e. The van der Waals surface area contributed by atoms with Gasteiger partial charge in [0.05, 0.1) is 17.3 Å². The Balaban J connectivity index is 1.62. The zero-order valence-corrected chi connectivity index (χ0v) is 15.2. The average Bonchev–Trinajstić information content (AvgIpc) is 3.11. The summed E-state index contributed by atoms with van der Waals surface area (Å²) in [6.45, 7) is 0. The molecule has 2 aromatic heterocycles. The second-order valence-electron chi connectivity index (χ2n) is 6.43. The van der Waals surface area contributed by atoms with Crippen molar-refractivity contribution in [1.29, 1.82) is 5.26 Å². The van der Waals surface area contributed by atoms with E-state index in [0.717, 1.165) is 16.8 Å². The topological polar surface area (TPSA) is 36.7 Å². The summed E-state index contributed by atoms with van der Waals surface area (Å²) in [5.41, 5.74) is 4.79. The molecule has 3 heteroatoms. The first-order valence-corrected chi connectivity index (χ1v) is 9.52. The molecular weight excluding hydrogens is 348 g/mol. The van der Waals surface area contributed by atoms with Crippen LogP contribution in [-0.2, 0) is 0 Å². The van der Waals surface area contributed by atoms with E-state index in [0.29, 0.717) is 5.56 Å². The SMILES string of the molecule is N#Cc1ccnc(-c2cccc(-c3ccc4c(c3)sc3ccccc34)c2)c1. The van der Waals surface area contributed by atoms with Crippen molar-refractivity contribution in [1.82, 2.24) is 4.98 Å². The highest BCUT2D eigenvalue weighted by Gasteiger charge is 2.08. The fourth-order valence-corrected chi connectivity index (χ4v) is 4.57. The third-order valence-corrected chi connectivity index (χ3v) is 5.89. The summed E-state index contributed by atoms with van der Waals surface area (Å²) in [5, 5.41) is 11.7. The van der Waals surface area contributed by atoms with Crippen molar-refractivity contribution in [2.75, 3.05) is 0 Å². The maximum atomic E-state index is 9.13. The molecule has 0 saturated heterocycles. The number of fused-ring (bicyclic) bond motifs is 3. The molecule has 0 aliphatic heterocycles. The quantitative estimate of drug-likeness (QED) is 0.352. The van der Waals surface area contributed by atoms with Gasteiger partial charge in [-0.25, -0.2) is 0 Å². The predicted octanol–water partition coefficient (Wildman–Crippen LogP) is 6.66. The van der Waals surface area contributed by atoms with Gasteiger partial charge in [-0.3, -0.25) is 4.98 Å². The Morgan fingerprint density at radius 1 is 0.704 bits per heavy atom. The lowest BCUT2D eigenvalue weighted by Gasteiger charge is -2.06. The van der Waals surface area contributed by atoms with E-state index in [9.17, 15) is 0 Å². The zero-order valence-electron chi connectivity index (χ0n) is 14.4. The van der Waals surface area contributed by atoms with Crippen LogP contribution in [0.25, 0.3) is 42.6 Å². The summed E-state index contributed by atoms with van der Waals surface area (Å²) >= 11 is 1.83. The van der Waals surface area contributed by atoms with Crippen LogP contribution in [0.1, 0.15) is 5.56 Å². The number of nitriles is 1. The van der Waals surface area contributed by atoms with E-state index in [1.165, 1.54) is 25.7 Å². The second-order valence-corrected chi connectivity index (χ2v) is 7.52. The summed E-state index contributed by atoms with van der Waals surface area (Å²) in [6, 6.07) is 29.3. The molecule has 27 heavy (non-hydrogen) atoms. The minimum atomic E-state index is 0.622. The molecule has 0 amide bonds. The molecule has 0 radical (unpaired) electrons. The second kappa shape index (κ2) is 6.35. The fourth-order valence-electron chi connectivity index (χ4n) is 3.42. The van der Waals surface area contributed by atoms with Crippen LogP contribution in [0.3, 0.4) is 0 Å². The van der Waals surface area contributed by atoms with Crippen molar-refractivity contribution >= 4 is 31.5 Å². The number of hydrogen-bond acceptors (Lipinski definition) is 3. The lowest BCUT2D eigenvalue weighted by atomic mass is 10.00. The van der Waals surface area contributed by atoms with E-state index in [-0.39, 0.29) is 0 Å². The summed E-state index contributed by atoms with van der Waals surface area (Å²) in [7, 11) is 0. The predicted molar refractivity (Wildman–Crippen MR) is 113 cm³/mol. The molecule has 0 aliphatic rings. The molecule has 126 valence electrons. The van der Waals surface area contributed by atoms with Crippen molar-refractivity contribution in [3.8, 4) is 28.5 Å². The van der Waals surface area contributed by atoms with Gasteiger partial charge in [-0.1, -0.05) is 48.5 Å². The van der Waals surface area contributed by atoms with Gasteiger partial charge in [-0.2, -0.15) is 5.26 Å². The largest absolute Gasteiger partial charge is 0.256 e. The molecule has 2 heterocycles. The number of hydrogen-bond donors (Lipinski definition) is 0. The minimum absolute atomic E-state index is 0.622. The van der Waals surface area contributed by atoms with E-state index in [4.69, 9.17) is 5.26 Å². The molecule has 0 N–H and O–H groups in total. The monoisotopic (exact) mass is 362 g/mol. The van der Waals surface area contributed by atoms with Gasteiger partial charge in [-0.05, 0) is 41.5 Å². The van der Waals surface area contributed by atoms with Gasteiger partial charge in [0.15, 0.2) is 0 Å². The van der Waals surface area contributed by atoms with Gasteiger partial charge >= 0.3 is 0 Å². The van der Waals surface area contributed by atoms with Crippen molar-refractivity contribution in [3.63, 3.8) is 0 Å². The lowest BCUT2D eigenvalue weighted by Crippen LogP contribution is -1.86. The molecule has 2 nitrogen and oxygen atoms in total. The Morgan fingerprint density at radius 3 is 2.44 bits per heavy atom. The van der Waals surface area contributed by atoms with Gasteiger partial charge in [0, 0.05) is 31.9 Å². The molecule has 0 spiro atoms. The first-order chi connectivity index (χ1) is 13.3. The maximum absolute atomic E-state index is 9.13. The van der Waals surface area contributed by atoms with Gasteiger partial charge < -0.3 is 0 Å². The number of aromatic nitrogens is 1. The first kappa shape index (κ1) is 15.7. The Labute approximate surface area is 161 Å². The van der Waals surface area contributed by atoms with Crippen LogP contribution >= 0.6 is 11.3 Å². The lowest BCUT2D eigenvalue weighted by molar-refractivity contribution is 1.31.